The van der Waals surface area contributed by atoms with Gasteiger partial charge >= 0.3 is 5.97 Å². The molecule has 0 aliphatic heterocycles. The van der Waals surface area contributed by atoms with Crippen LogP contribution in [0.4, 0.5) is 4.39 Å². The molecule has 1 aromatic carbocycles. The number of benzene rings is 1. The highest BCUT2D eigenvalue weighted by molar-refractivity contribution is 6.02. The van der Waals surface area contributed by atoms with Gasteiger partial charge in [-0.2, -0.15) is 0 Å². The first-order chi connectivity index (χ1) is 8.40. The van der Waals surface area contributed by atoms with Gasteiger partial charge in [-0.05, 0) is 36.6 Å². The first-order valence-corrected chi connectivity index (χ1v) is 5.74. The molecule has 2 aromatic rings. The van der Waals surface area contributed by atoms with Gasteiger partial charge in [-0.3, -0.25) is 0 Å². The van der Waals surface area contributed by atoms with Crippen LogP contribution in [-0.2, 0) is 0 Å². The number of carboxylic acid groups (broad SMARTS) is 1. The summed E-state index contributed by atoms with van der Waals surface area (Å²) < 4.78 is 13.9. The highest BCUT2D eigenvalue weighted by Gasteiger charge is 2.16. The summed E-state index contributed by atoms with van der Waals surface area (Å²) in [5, 5.41) is 9.57. The van der Waals surface area contributed by atoms with Gasteiger partial charge in [-0.1, -0.05) is 13.8 Å². The van der Waals surface area contributed by atoms with E-state index in [0.29, 0.717) is 16.6 Å². The Morgan fingerprint density at radius 2 is 2.00 bits per heavy atom. The number of hydrogen-bond acceptors (Lipinski definition) is 2. The standard InChI is InChI=1S/C14H14FNO2/c1-7(2)12-6-10(14(17)18)9-4-8(3)5-11(15)13(9)16-12/h4-7H,1-3H3,(H,17,18). The SMILES string of the molecule is Cc1cc(F)c2nc(C(C)C)cc(C(=O)O)c2c1. The Bertz CT molecular complexity index is 635. The molecule has 0 atom stereocenters. The van der Waals surface area contributed by atoms with E-state index in [9.17, 15) is 14.3 Å². The van der Waals surface area contributed by atoms with Crippen LogP contribution in [0.25, 0.3) is 10.9 Å². The van der Waals surface area contributed by atoms with Crippen molar-refractivity contribution < 1.29 is 14.3 Å². The van der Waals surface area contributed by atoms with Gasteiger partial charge in [0.1, 0.15) is 11.3 Å². The van der Waals surface area contributed by atoms with E-state index in [1.165, 1.54) is 12.1 Å². The van der Waals surface area contributed by atoms with Gasteiger partial charge in [-0.25, -0.2) is 14.2 Å². The van der Waals surface area contributed by atoms with Crippen LogP contribution >= 0.6 is 0 Å². The molecule has 0 unspecified atom stereocenters. The van der Waals surface area contributed by atoms with Crippen LogP contribution in [0.2, 0.25) is 0 Å². The molecule has 3 nitrogen and oxygen atoms in total. The van der Waals surface area contributed by atoms with Crippen LogP contribution in [0.1, 0.15) is 41.4 Å². The molecule has 0 radical (unpaired) electrons. The number of nitrogens with zero attached hydrogens (tertiary/aromatic N) is 1. The Balaban J connectivity index is 2.90. The molecule has 0 fully saturated rings. The molecule has 0 spiro atoms. The van der Waals surface area contributed by atoms with E-state index in [4.69, 9.17) is 0 Å². The van der Waals surface area contributed by atoms with Crippen LogP contribution in [0.3, 0.4) is 0 Å². The fraction of sp³-hybridized carbons (Fsp3) is 0.286. The number of halogens is 1. The Morgan fingerprint density at radius 3 is 2.56 bits per heavy atom. The minimum absolute atomic E-state index is 0.0493. The van der Waals surface area contributed by atoms with Gasteiger partial charge in [-0.15, -0.1) is 0 Å². The Labute approximate surface area is 104 Å². The largest absolute Gasteiger partial charge is 0.478 e. The van der Waals surface area contributed by atoms with Crippen LogP contribution in [0.5, 0.6) is 0 Å². The molecule has 0 amide bonds. The van der Waals surface area contributed by atoms with Crippen molar-refractivity contribution in [1.82, 2.24) is 4.98 Å². The average Bonchev–Trinajstić information content (AvgIpc) is 2.27. The van der Waals surface area contributed by atoms with E-state index >= 15 is 0 Å². The number of pyridine rings is 1. The van der Waals surface area contributed by atoms with Crippen LogP contribution in [0.15, 0.2) is 18.2 Å². The maximum atomic E-state index is 13.9. The van der Waals surface area contributed by atoms with E-state index < -0.39 is 11.8 Å². The van der Waals surface area contributed by atoms with Gasteiger partial charge in [0.15, 0.2) is 0 Å². The zero-order valence-corrected chi connectivity index (χ0v) is 10.5. The highest BCUT2D eigenvalue weighted by atomic mass is 19.1. The molecule has 0 saturated heterocycles. The molecule has 94 valence electrons. The van der Waals surface area contributed by atoms with E-state index in [2.05, 4.69) is 4.98 Å². The fourth-order valence-corrected chi connectivity index (χ4v) is 1.91. The van der Waals surface area contributed by atoms with Crippen molar-refractivity contribution in [2.75, 3.05) is 0 Å². The molecular formula is C14H14FNO2. The first-order valence-electron chi connectivity index (χ1n) is 5.74. The summed E-state index contributed by atoms with van der Waals surface area (Å²) in [4.78, 5) is 15.5. The summed E-state index contributed by atoms with van der Waals surface area (Å²) in [5.41, 5.74) is 1.50. The minimum atomic E-state index is -1.06. The topological polar surface area (TPSA) is 50.2 Å². The zero-order chi connectivity index (χ0) is 13.4. The van der Waals surface area contributed by atoms with Crippen molar-refractivity contribution in [3.8, 4) is 0 Å². The van der Waals surface area contributed by atoms with Crippen molar-refractivity contribution in [2.24, 2.45) is 0 Å². The van der Waals surface area contributed by atoms with Gasteiger partial charge in [0.25, 0.3) is 0 Å². The summed E-state index contributed by atoms with van der Waals surface area (Å²) in [7, 11) is 0. The highest BCUT2D eigenvalue weighted by Crippen LogP contribution is 2.25. The monoisotopic (exact) mass is 247 g/mol. The fourth-order valence-electron chi connectivity index (χ4n) is 1.91. The molecule has 4 heteroatoms. The normalized spacial score (nSPS) is 11.2. The van der Waals surface area contributed by atoms with E-state index in [1.54, 1.807) is 13.0 Å². The smallest absolute Gasteiger partial charge is 0.336 e. The lowest BCUT2D eigenvalue weighted by Crippen LogP contribution is -2.04. The van der Waals surface area contributed by atoms with Crippen molar-refractivity contribution >= 4 is 16.9 Å². The second-order valence-electron chi connectivity index (χ2n) is 4.70. The van der Waals surface area contributed by atoms with Crippen LogP contribution in [0, 0.1) is 12.7 Å². The Hall–Kier alpha value is -1.97. The van der Waals surface area contributed by atoms with Gasteiger partial charge in [0, 0.05) is 11.1 Å². The number of carboxylic acids is 1. The van der Waals surface area contributed by atoms with Crippen LogP contribution < -0.4 is 0 Å². The van der Waals surface area contributed by atoms with Crippen molar-refractivity contribution in [2.45, 2.75) is 26.7 Å². The predicted molar refractivity (Wildman–Crippen MR) is 67.5 cm³/mol. The molecule has 2 rings (SSSR count). The maximum absolute atomic E-state index is 13.9. The number of carbonyl (C=O) groups is 1. The number of rotatable bonds is 2. The molecule has 1 heterocycles. The van der Waals surface area contributed by atoms with Gasteiger partial charge < -0.3 is 5.11 Å². The third kappa shape index (κ3) is 2.06. The molecular weight excluding hydrogens is 233 g/mol. The molecule has 18 heavy (non-hydrogen) atoms. The summed E-state index contributed by atoms with van der Waals surface area (Å²) in [5.74, 6) is -1.49. The number of aromatic nitrogens is 1. The van der Waals surface area contributed by atoms with Gasteiger partial charge in [0.2, 0.25) is 0 Å². The van der Waals surface area contributed by atoms with Gasteiger partial charge in [0.05, 0.1) is 5.56 Å². The minimum Gasteiger partial charge on any atom is -0.478 e. The lowest BCUT2D eigenvalue weighted by Gasteiger charge is -2.10. The second kappa shape index (κ2) is 4.37. The van der Waals surface area contributed by atoms with Crippen molar-refractivity contribution in [1.29, 1.82) is 0 Å². The Kier molecular flexibility index (Phi) is 3.03. The van der Waals surface area contributed by atoms with Crippen molar-refractivity contribution in [3.05, 3.63) is 40.8 Å². The number of fused-ring (bicyclic) bond motifs is 1. The number of hydrogen-bond donors (Lipinski definition) is 1. The summed E-state index contributed by atoms with van der Waals surface area (Å²) in [6, 6.07) is 4.54. The summed E-state index contributed by atoms with van der Waals surface area (Å²) >= 11 is 0. The quantitative estimate of drug-likeness (QED) is 0.883. The summed E-state index contributed by atoms with van der Waals surface area (Å²) in [6.45, 7) is 5.52. The lowest BCUT2D eigenvalue weighted by molar-refractivity contribution is 0.0699. The Morgan fingerprint density at radius 1 is 1.33 bits per heavy atom. The van der Waals surface area contributed by atoms with E-state index in [1.807, 2.05) is 13.8 Å². The average molecular weight is 247 g/mol. The molecule has 0 saturated carbocycles. The number of aryl methyl sites for hydroxylation is 1. The molecule has 1 aromatic heterocycles. The zero-order valence-electron chi connectivity index (χ0n) is 10.5. The van der Waals surface area contributed by atoms with Crippen molar-refractivity contribution in [3.63, 3.8) is 0 Å². The second-order valence-corrected chi connectivity index (χ2v) is 4.70. The lowest BCUT2D eigenvalue weighted by atomic mass is 10.0. The van der Waals surface area contributed by atoms with Crippen LogP contribution in [-0.4, -0.2) is 16.1 Å². The molecule has 0 bridgehead atoms. The number of aromatic carboxylic acids is 1. The molecule has 0 aliphatic carbocycles. The van der Waals surface area contributed by atoms with E-state index in [0.717, 1.165) is 0 Å². The predicted octanol–water partition coefficient (Wildman–Crippen LogP) is 3.50. The molecule has 0 aliphatic rings. The first kappa shape index (κ1) is 12.5. The third-order valence-electron chi connectivity index (χ3n) is 2.85. The maximum Gasteiger partial charge on any atom is 0.336 e. The van der Waals surface area contributed by atoms with E-state index in [-0.39, 0.29) is 17.0 Å². The third-order valence-corrected chi connectivity index (χ3v) is 2.85. The summed E-state index contributed by atoms with van der Waals surface area (Å²) in [6.07, 6.45) is 0. The molecule has 1 N–H and O–H groups in total.